The Hall–Kier alpha value is 0.704. The summed E-state index contributed by atoms with van der Waals surface area (Å²) in [6.45, 7) is 6.21. The summed E-state index contributed by atoms with van der Waals surface area (Å²) in [4.78, 5) is 0. The topological polar surface area (TPSA) is 18.5 Å². The Morgan fingerprint density at radius 2 is 1.45 bits per heavy atom. The maximum atomic E-state index is 5.33. The lowest BCUT2D eigenvalue weighted by Crippen LogP contribution is -2.02. The molecule has 0 fully saturated rings. The van der Waals surface area contributed by atoms with E-state index in [0.29, 0.717) is 0 Å². The average Bonchev–Trinajstić information content (AvgIpc) is 2.03. The highest BCUT2D eigenvalue weighted by Crippen LogP contribution is 1.98. The van der Waals surface area contributed by atoms with Gasteiger partial charge in [-0.05, 0) is 0 Å². The molecule has 0 aliphatic heterocycles. The molecule has 0 saturated carbocycles. The van der Waals surface area contributed by atoms with Gasteiger partial charge in [0.15, 0.2) is 19.5 Å². The van der Waals surface area contributed by atoms with Crippen LogP contribution in [0.1, 0.15) is 0 Å². The zero-order valence-corrected chi connectivity index (χ0v) is 11.1. The first kappa shape index (κ1) is 11.7. The van der Waals surface area contributed by atoms with Crippen LogP contribution >= 0.6 is 11.8 Å². The monoisotopic (exact) mass is 210 g/mol. The maximum absolute atomic E-state index is 5.33. The Kier molecular flexibility index (Phi) is 11.4. The summed E-state index contributed by atoms with van der Waals surface area (Å²) in [5.74, 6) is 2.27. The SMILES string of the molecule is C[SiH2]OCCSCCO[SiH2]C. The van der Waals surface area contributed by atoms with Gasteiger partial charge in [0.05, 0.1) is 0 Å². The fraction of sp³-hybridized carbons (Fsp3) is 1.00. The van der Waals surface area contributed by atoms with Crippen molar-refractivity contribution in [2.24, 2.45) is 0 Å². The van der Waals surface area contributed by atoms with Crippen molar-refractivity contribution in [2.45, 2.75) is 13.1 Å². The van der Waals surface area contributed by atoms with Gasteiger partial charge in [-0.25, -0.2) is 0 Å². The average molecular weight is 210 g/mol. The van der Waals surface area contributed by atoms with E-state index in [-0.39, 0.29) is 19.5 Å². The maximum Gasteiger partial charge on any atom is 0.158 e. The first-order valence-electron chi connectivity index (χ1n) is 4.15. The van der Waals surface area contributed by atoms with Crippen molar-refractivity contribution in [3.8, 4) is 0 Å². The van der Waals surface area contributed by atoms with Gasteiger partial charge in [0, 0.05) is 24.7 Å². The van der Waals surface area contributed by atoms with Crippen molar-refractivity contribution in [1.29, 1.82) is 0 Å². The van der Waals surface area contributed by atoms with E-state index in [1.807, 2.05) is 11.8 Å². The van der Waals surface area contributed by atoms with Crippen molar-refractivity contribution >= 4 is 31.3 Å². The highest BCUT2D eigenvalue weighted by atomic mass is 32.2. The molecule has 0 radical (unpaired) electrons. The third kappa shape index (κ3) is 10.7. The van der Waals surface area contributed by atoms with E-state index in [1.54, 1.807) is 0 Å². The molecule has 0 unspecified atom stereocenters. The molecule has 0 heterocycles. The van der Waals surface area contributed by atoms with Crippen LogP contribution in [0.15, 0.2) is 0 Å². The van der Waals surface area contributed by atoms with Gasteiger partial charge in [-0.2, -0.15) is 11.8 Å². The van der Waals surface area contributed by atoms with E-state index in [2.05, 4.69) is 13.1 Å². The minimum Gasteiger partial charge on any atom is -0.423 e. The van der Waals surface area contributed by atoms with Crippen LogP contribution in [-0.4, -0.2) is 44.2 Å². The molecule has 0 atom stereocenters. The molecule has 0 bridgehead atoms. The molecule has 0 aliphatic rings. The zero-order valence-electron chi connectivity index (χ0n) is 7.47. The normalized spacial score (nSPS) is 12.5. The lowest BCUT2D eigenvalue weighted by atomic mass is 10.9. The Labute approximate surface area is 78.3 Å². The summed E-state index contributed by atoms with van der Waals surface area (Å²) in [5, 5.41) is 0. The molecule has 0 N–H and O–H groups in total. The van der Waals surface area contributed by atoms with Gasteiger partial charge in [-0.1, -0.05) is 13.1 Å². The summed E-state index contributed by atoms with van der Waals surface area (Å²) in [6.07, 6.45) is 0. The standard InChI is InChI=1S/C6H18O2SSi2/c1-10-7-3-5-9-6-4-8-11-2/h3-6,10-11H2,1-2H3. The van der Waals surface area contributed by atoms with Crippen molar-refractivity contribution in [1.82, 2.24) is 0 Å². The largest absolute Gasteiger partial charge is 0.423 e. The van der Waals surface area contributed by atoms with Crippen molar-refractivity contribution < 1.29 is 8.85 Å². The molecular weight excluding hydrogens is 192 g/mol. The van der Waals surface area contributed by atoms with Gasteiger partial charge in [-0.3, -0.25) is 0 Å². The van der Waals surface area contributed by atoms with Crippen LogP contribution in [0.25, 0.3) is 0 Å². The fourth-order valence-electron chi connectivity index (χ4n) is 0.626. The van der Waals surface area contributed by atoms with Gasteiger partial charge in [0.2, 0.25) is 0 Å². The number of thioether (sulfide) groups is 1. The smallest absolute Gasteiger partial charge is 0.158 e. The molecule has 0 aliphatic carbocycles. The second-order valence-electron chi connectivity index (χ2n) is 2.01. The van der Waals surface area contributed by atoms with E-state index < -0.39 is 0 Å². The lowest BCUT2D eigenvalue weighted by Gasteiger charge is -2.01. The minimum absolute atomic E-state index is 0.168. The number of rotatable bonds is 8. The molecule has 11 heavy (non-hydrogen) atoms. The lowest BCUT2D eigenvalue weighted by molar-refractivity contribution is 0.363. The highest BCUT2D eigenvalue weighted by Gasteiger charge is 1.88. The fourth-order valence-corrected chi connectivity index (χ4v) is 2.59. The molecule has 0 aromatic carbocycles. The second-order valence-corrected chi connectivity index (χ2v) is 5.20. The van der Waals surface area contributed by atoms with Crippen LogP contribution in [0.4, 0.5) is 0 Å². The van der Waals surface area contributed by atoms with Crippen molar-refractivity contribution in [3.63, 3.8) is 0 Å². The van der Waals surface area contributed by atoms with Gasteiger partial charge in [0.25, 0.3) is 0 Å². The van der Waals surface area contributed by atoms with Crippen LogP contribution in [0.2, 0.25) is 13.1 Å². The molecule has 0 spiro atoms. The summed E-state index contributed by atoms with van der Waals surface area (Å²) >= 11 is 1.93. The number of hydrogen-bond donors (Lipinski definition) is 0. The third-order valence-corrected chi connectivity index (χ3v) is 3.46. The Bertz CT molecular complexity index is 67.6. The molecule has 0 rings (SSSR count). The molecular formula is C6H18O2SSi2. The van der Waals surface area contributed by atoms with Crippen LogP contribution in [0.3, 0.4) is 0 Å². The van der Waals surface area contributed by atoms with E-state index in [0.717, 1.165) is 24.7 Å². The van der Waals surface area contributed by atoms with E-state index in [4.69, 9.17) is 8.85 Å². The van der Waals surface area contributed by atoms with Crippen LogP contribution in [0.5, 0.6) is 0 Å². The molecule has 0 aromatic rings. The molecule has 2 nitrogen and oxygen atoms in total. The summed E-state index contributed by atoms with van der Waals surface area (Å²) < 4.78 is 10.7. The van der Waals surface area contributed by atoms with Crippen LogP contribution < -0.4 is 0 Å². The third-order valence-electron chi connectivity index (χ3n) is 1.15. The van der Waals surface area contributed by atoms with Gasteiger partial charge in [-0.15, -0.1) is 0 Å². The van der Waals surface area contributed by atoms with Gasteiger partial charge in [0.1, 0.15) is 0 Å². The molecule has 0 amide bonds. The van der Waals surface area contributed by atoms with Crippen molar-refractivity contribution in [3.05, 3.63) is 0 Å². The van der Waals surface area contributed by atoms with Crippen LogP contribution in [-0.2, 0) is 8.85 Å². The van der Waals surface area contributed by atoms with E-state index in [9.17, 15) is 0 Å². The zero-order chi connectivity index (χ0) is 8.36. The van der Waals surface area contributed by atoms with Crippen molar-refractivity contribution in [2.75, 3.05) is 24.7 Å². The first-order chi connectivity index (χ1) is 5.41. The number of hydrogen-bond acceptors (Lipinski definition) is 3. The summed E-state index contributed by atoms with van der Waals surface area (Å²) in [6, 6.07) is 0. The summed E-state index contributed by atoms with van der Waals surface area (Å²) in [7, 11) is -0.335. The predicted molar refractivity (Wildman–Crippen MR) is 58.0 cm³/mol. The quantitative estimate of drug-likeness (QED) is 0.416. The van der Waals surface area contributed by atoms with Gasteiger partial charge < -0.3 is 8.85 Å². The first-order valence-corrected chi connectivity index (χ1v) is 9.28. The molecule has 5 heteroatoms. The summed E-state index contributed by atoms with van der Waals surface area (Å²) in [5.41, 5.74) is 0. The Morgan fingerprint density at radius 1 is 1.00 bits per heavy atom. The van der Waals surface area contributed by atoms with E-state index in [1.165, 1.54) is 0 Å². The highest BCUT2D eigenvalue weighted by molar-refractivity contribution is 7.99. The Balaban J connectivity index is 2.69. The minimum atomic E-state index is -0.168. The predicted octanol–water partition coefficient (Wildman–Crippen LogP) is 0.0166. The molecule has 68 valence electrons. The molecule has 0 saturated heterocycles. The van der Waals surface area contributed by atoms with E-state index >= 15 is 0 Å². The van der Waals surface area contributed by atoms with Gasteiger partial charge >= 0.3 is 0 Å². The molecule has 0 aromatic heterocycles. The van der Waals surface area contributed by atoms with Crippen LogP contribution in [0, 0.1) is 0 Å². The Morgan fingerprint density at radius 3 is 1.82 bits per heavy atom. The second kappa shape index (κ2) is 10.7.